The molecular weight excluding hydrogens is 261 g/mol. The van der Waals surface area contributed by atoms with Crippen molar-refractivity contribution in [1.82, 2.24) is 5.32 Å². The van der Waals surface area contributed by atoms with Gasteiger partial charge in [-0.25, -0.2) is 4.39 Å². The summed E-state index contributed by atoms with van der Waals surface area (Å²) in [6.45, 7) is 3.58. The molecule has 2 nitrogen and oxygen atoms in total. The normalized spacial score (nSPS) is 16.9. The molecule has 1 aromatic carbocycles. The van der Waals surface area contributed by atoms with Crippen LogP contribution in [0.15, 0.2) is 18.2 Å². The Morgan fingerprint density at radius 1 is 1.37 bits per heavy atom. The number of benzene rings is 1. The number of hydrogen-bond acceptors (Lipinski definition) is 3. The van der Waals surface area contributed by atoms with Gasteiger partial charge in [0, 0.05) is 4.70 Å². The second-order valence-electron chi connectivity index (χ2n) is 5.07. The van der Waals surface area contributed by atoms with Crippen molar-refractivity contribution in [3.63, 3.8) is 0 Å². The molecule has 3 rings (SSSR count). The minimum atomic E-state index is -0.235. The second kappa shape index (κ2) is 5.02. The Bertz CT molecular complexity index is 628. The highest BCUT2D eigenvalue weighted by Crippen LogP contribution is 2.40. The smallest absolute Gasteiger partial charge is 0.170 e. The molecule has 1 aromatic heterocycles. The number of fused-ring (bicyclic) bond motifs is 1. The molecular formula is C15H16FNOS. The number of piperidine rings is 1. The third-order valence-corrected chi connectivity index (χ3v) is 5.03. The van der Waals surface area contributed by atoms with Gasteiger partial charge in [0.05, 0.1) is 4.88 Å². The van der Waals surface area contributed by atoms with Crippen molar-refractivity contribution in [3.05, 3.63) is 34.5 Å². The fourth-order valence-corrected chi connectivity index (χ4v) is 4.08. The molecule has 1 aliphatic heterocycles. The lowest BCUT2D eigenvalue weighted by atomic mass is 9.87. The van der Waals surface area contributed by atoms with Crippen molar-refractivity contribution in [2.45, 2.75) is 25.7 Å². The van der Waals surface area contributed by atoms with E-state index in [0.29, 0.717) is 5.92 Å². The van der Waals surface area contributed by atoms with Gasteiger partial charge in [0.25, 0.3) is 0 Å². The number of Topliss-reactive ketones (excluding diaryl/α,β-unsaturated/α-hetero) is 1. The van der Waals surface area contributed by atoms with Gasteiger partial charge in [0.15, 0.2) is 5.78 Å². The third-order valence-electron chi connectivity index (χ3n) is 3.76. The van der Waals surface area contributed by atoms with Crippen LogP contribution in [0.4, 0.5) is 4.39 Å². The molecule has 0 aliphatic carbocycles. The largest absolute Gasteiger partial charge is 0.317 e. The van der Waals surface area contributed by atoms with Crippen LogP contribution in [-0.2, 0) is 0 Å². The van der Waals surface area contributed by atoms with Gasteiger partial charge in [0.2, 0.25) is 0 Å². The van der Waals surface area contributed by atoms with Gasteiger partial charge in [-0.15, -0.1) is 11.3 Å². The first-order chi connectivity index (χ1) is 9.16. The van der Waals surface area contributed by atoms with Crippen molar-refractivity contribution in [2.75, 3.05) is 13.1 Å². The van der Waals surface area contributed by atoms with Crippen LogP contribution in [0, 0.1) is 5.82 Å². The molecule has 1 aliphatic rings. The van der Waals surface area contributed by atoms with E-state index in [-0.39, 0.29) is 11.6 Å². The Morgan fingerprint density at radius 2 is 2.11 bits per heavy atom. The molecule has 0 spiro atoms. The lowest BCUT2D eigenvalue weighted by Crippen LogP contribution is -2.27. The average molecular weight is 277 g/mol. The van der Waals surface area contributed by atoms with Crippen molar-refractivity contribution in [1.29, 1.82) is 0 Å². The van der Waals surface area contributed by atoms with Crippen LogP contribution in [0.1, 0.15) is 40.9 Å². The molecule has 2 aromatic rings. The summed E-state index contributed by atoms with van der Waals surface area (Å²) in [6, 6.07) is 4.85. The molecule has 0 bridgehead atoms. The first-order valence-electron chi connectivity index (χ1n) is 6.60. The van der Waals surface area contributed by atoms with Crippen molar-refractivity contribution < 1.29 is 9.18 Å². The van der Waals surface area contributed by atoms with Gasteiger partial charge in [-0.1, -0.05) is 6.07 Å². The monoisotopic (exact) mass is 277 g/mol. The molecule has 1 N–H and O–H groups in total. The summed E-state index contributed by atoms with van der Waals surface area (Å²) in [6.07, 6.45) is 2.09. The summed E-state index contributed by atoms with van der Waals surface area (Å²) in [5.41, 5.74) is 1.15. The number of carbonyl (C=O) groups excluding carboxylic acids is 1. The summed E-state index contributed by atoms with van der Waals surface area (Å²) in [7, 11) is 0. The van der Waals surface area contributed by atoms with E-state index in [0.717, 1.165) is 46.5 Å². The molecule has 0 saturated carbocycles. The molecule has 0 radical (unpaired) electrons. The molecule has 0 amide bonds. The SMILES string of the molecule is CC(=O)c1sc2cc(F)ccc2c1C1CCNCC1. The molecule has 100 valence electrons. The average Bonchev–Trinajstić information content (AvgIpc) is 2.78. The van der Waals surface area contributed by atoms with Crippen LogP contribution in [0.5, 0.6) is 0 Å². The Morgan fingerprint density at radius 3 is 2.79 bits per heavy atom. The number of nitrogens with one attached hydrogen (secondary N) is 1. The van der Waals surface area contributed by atoms with E-state index in [4.69, 9.17) is 0 Å². The van der Waals surface area contributed by atoms with E-state index in [9.17, 15) is 9.18 Å². The fraction of sp³-hybridized carbons (Fsp3) is 0.400. The maximum Gasteiger partial charge on any atom is 0.170 e. The highest BCUT2D eigenvalue weighted by atomic mass is 32.1. The van der Waals surface area contributed by atoms with Crippen LogP contribution in [-0.4, -0.2) is 18.9 Å². The van der Waals surface area contributed by atoms with Crippen molar-refractivity contribution in [3.8, 4) is 0 Å². The number of ketones is 1. The third kappa shape index (κ3) is 2.30. The standard InChI is InChI=1S/C15H16FNOS/c1-9(18)15-14(10-4-6-17-7-5-10)12-3-2-11(16)8-13(12)19-15/h2-3,8,10,17H,4-7H2,1H3. The van der Waals surface area contributed by atoms with Gasteiger partial charge < -0.3 is 5.32 Å². The Labute approximate surface area is 115 Å². The number of hydrogen-bond donors (Lipinski definition) is 1. The fourth-order valence-electron chi connectivity index (χ4n) is 2.87. The lowest BCUT2D eigenvalue weighted by molar-refractivity contribution is 0.102. The van der Waals surface area contributed by atoms with E-state index < -0.39 is 0 Å². The van der Waals surface area contributed by atoms with Crippen LogP contribution in [0.25, 0.3) is 10.1 Å². The van der Waals surface area contributed by atoms with Crippen LogP contribution >= 0.6 is 11.3 Å². The van der Waals surface area contributed by atoms with Gasteiger partial charge in [-0.05, 0) is 61.9 Å². The summed E-state index contributed by atoms with van der Waals surface area (Å²) >= 11 is 1.43. The number of carbonyl (C=O) groups is 1. The maximum atomic E-state index is 13.3. The van der Waals surface area contributed by atoms with Gasteiger partial charge in [-0.3, -0.25) is 4.79 Å². The molecule has 0 unspecified atom stereocenters. The molecule has 4 heteroatoms. The first-order valence-corrected chi connectivity index (χ1v) is 7.42. The highest BCUT2D eigenvalue weighted by molar-refractivity contribution is 7.21. The number of halogens is 1. The van der Waals surface area contributed by atoms with Crippen LogP contribution in [0.3, 0.4) is 0 Å². The minimum absolute atomic E-state index is 0.0927. The first kappa shape index (κ1) is 12.8. The quantitative estimate of drug-likeness (QED) is 0.848. The second-order valence-corrected chi connectivity index (χ2v) is 6.12. The minimum Gasteiger partial charge on any atom is -0.317 e. The molecule has 19 heavy (non-hydrogen) atoms. The zero-order chi connectivity index (χ0) is 13.4. The van der Waals surface area contributed by atoms with Crippen LogP contribution in [0.2, 0.25) is 0 Å². The highest BCUT2D eigenvalue weighted by Gasteiger charge is 2.24. The van der Waals surface area contributed by atoms with Gasteiger partial charge >= 0.3 is 0 Å². The van der Waals surface area contributed by atoms with Crippen molar-refractivity contribution in [2.24, 2.45) is 0 Å². The van der Waals surface area contributed by atoms with E-state index in [1.54, 1.807) is 6.92 Å². The summed E-state index contributed by atoms with van der Waals surface area (Å²) < 4.78 is 14.2. The Hall–Kier alpha value is -1.26. The summed E-state index contributed by atoms with van der Waals surface area (Å²) in [5.74, 6) is 0.273. The topological polar surface area (TPSA) is 29.1 Å². The van der Waals surface area contributed by atoms with E-state index in [1.165, 1.54) is 23.5 Å². The zero-order valence-electron chi connectivity index (χ0n) is 10.8. The van der Waals surface area contributed by atoms with Gasteiger partial charge in [-0.2, -0.15) is 0 Å². The number of thiophene rings is 1. The van der Waals surface area contributed by atoms with E-state index >= 15 is 0 Å². The van der Waals surface area contributed by atoms with E-state index in [1.807, 2.05) is 6.07 Å². The molecule has 2 heterocycles. The lowest BCUT2D eigenvalue weighted by Gasteiger charge is -2.23. The predicted molar refractivity (Wildman–Crippen MR) is 76.6 cm³/mol. The summed E-state index contributed by atoms with van der Waals surface area (Å²) in [4.78, 5) is 12.7. The Kier molecular flexibility index (Phi) is 3.37. The van der Waals surface area contributed by atoms with Crippen LogP contribution < -0.4 is 5.32 Å². The van der Waals surface area contributed by atoms with Gasteiger partial charge in [0.1, 0.15) is 5.82 Å². The predicted octanol–water partition coefficient (Wildman–Crippen LogP) is 3.71. The maximum absolute atomic E-state index is 13.3. The Balaban J connectivity index is 2.18. The zero-order valence-corrected chi connectivity index (χ0v) is 11.6. The van der Waals surface area contributed by atoms with E-state index in [2.05, 4.69) is 5.32 Å². The van der Waals surface area contributed by atoms with Crippen molar-refractivity contribution >= 4 is 27.2 Å². The summed E-state index contributed by atoms with van der Waals surface area (Å²) in [5, 5.41) is 4.40. The number of rotatable bonds is 2. The molecule has 1 saturated heterocycles. The molecule has 0 atom stereocenters. The molecule has 1 fully saturated rings.